The molecule has 1 unspecified atom stereocenters. The zero-order valence-electron chi connectivity index (χ0n) is 13.7. The van der Waals surface area contributed by atoms with Crippen LogP contribution in [0.5, 0.6) is 0 Å². The van der Waals surface area contributed by atoms with Crippen LogP contribution in [0.25, 0.3) is 0 Å². The Morgan fingerprint density at radius 3 is 2.54 bits per heavy atom. The summed E-state index contributed by atoms with van der Waals surface area (Å²) in [5.41, 5.74) is 3.58. The first-order valence-electron chi connectivity index (χ1n) is 8.26. The van der Waals surface area contributed by atoms with Crippen LogP contribution in [0, 0.1) is 16.2 Å². The zero-order valence-corrected chi connectivity index (χ0v) is 13.7. The quantitative estimate of drug-likeness (QED) is 0.422. The van der Waals surface area contributed by atoms with Gasteiger partial charge in [0.1, 0.15) is 6.07 Å². The number of hydrogen-bond acceptors (Lipinski definition) is 7. The number of piperazine rings is 1. The second kappa shape index (κ2) is 9.88. The number of carbonyl (C=O) groups is 1. The van der Waals surface area contributed by atoms with Crippen molar-refractivity contribution in [1.82, 2.24) is 15.3 Å². The number of nitroso groups, excluding NO2 is 1. The van der Waals surface area contributed by atoms with E-state index in [9.17, 15) is 9.70 Å². The summed E-state index contributed by atoms with van der Waals surface area (Å²) in [6.45, 7) is 4.20. The van der Waals surface area contributed by atoms with Gasteiger partial charge in [0.05, 0.1) is 0 Å². The molecule has 2 rings (SSSR count). The highest BCUT2D eigenvalue weighted by atomic mass is 16.3. The maximum absolute atomic E-state index is 12.0. The Labute approximate surface area is 142 Å². The average Bonchev–Trinajstić information content (AvgIpc) is 2.65. The van der Waals surface area contributed by atoms with E-state index >= 15 is 0 Å². The van der Waals surface area contributed by atoms with E-state index < -0.39 is 6.17 Å². The summed E-state index contributed by atoms with van der Waals surface area (Å²) in [6, 6.07) is 11.2. The minimum atomic E-state index is -1.01. The van der Waals surface area contributed by atoms with Crippen LogP contribution in [0.2, 0.25) is 0 Å². The van der Waals surface area contributed by atoms with Gasteiger partial charge in [-0.3, -0.25) is 4.79 Å². The average molecular weight is 329 g/mol. The molecule has 24 heavy (non-hydrogen) atoms. The van der Waals surface area contributed by atoms with E-state index in [-0.39, 0.29) is 5.78 Å². The number of hydrazine groups is 1. The second-order valence-corrected chi connectivity index (χ2v) is 5.84. The maximum Gasteiger partial charge on any atom is 0.241 e. The van der Waals surface area contributed by atoms with Crippen molar-refractivity contribution in [3.05, 3.63) is 40.8 Å². The first-order chi connectivity index (χ1) is 11.7. The third kappa shape index (κ3) is 5.81. The van der Waals surface area contributed by atoms with Crippen molar-refractivity contribution in [2.24, 2.45) is 5.18 Å². The summed E-state index contributed by atoms with van der Waals surface area (Å²) in [7, 11) is 0. The van der Waals surface area contributed by atoms with E-state index in [2.05, 4.69) is 15.5 Å². The molecule has 1 saturated heterocycles. The van der Waals surface area contributed by atoms with E-state index in [0.29, 0.717) is 6.42 Å². The molecule has 0 spiro atoms. The van der Waals surface area contributed by atoms with Crippen LogP contribution in [0.1, 0.15) is 29.6 Å². The highest BCUT2D eigenvalue weighted by Gasteiger charge is 2.19. The van der Waals surface area contributed by atoms with Gasteiger partial charge in [-0.2, -0.15) is 5.26 Å². The van der Waals surface area contributed by atoms with Gasteiger partial charge in [0.2, 0.25) is 6.17 Å². The Balaban J connectivity index is 1.59. The number of Topliss-reactive ketones (excluding diaryl/α,β-unsaturated/α-hetero) is 1. The number of unbranched alkanes of at least 4 members (excludes halogenated alkanes) is 1. The lowest BCUT2D eigenvalue weighted by Gasteiger charge is -2.34. The number of nitrogens with one attached hydrogen (secondary N) is 1. The summed E-state index contributed by atoms with van der Waals surface area (Å²) in [4.78, 5) is 24.7. The van der Waals surface area contributed by atoms with Crippen LogP contribution in [-0.2, 0) is 0 Å². The Bertz CT molecular complexity index is 564. The topological polar surface area (TPSA) is 88.8 Å². The summed E-state index contributed by atoms with van der Waals surface area (Å²) in [5, 5.41) is 13.3. The van der Waals surface area contributed by atoms with Crippen molar-refractivity contribution in [1.29, 1.82) is 5.26 Å². The lowest BCUT2D eigenvalue weighted by atomic mass is 10.1. The lowest BCUT2D eigenvalue weighted by Crippen LogP contribution is -2.54. The van der Waals surface area contributed by atoms with Crippen LogP contribution in [0.15, 0.2) is 35.5 Å². The van der Waals surface area contributed by atoms with Gasteiger partial charge in [0.25, 0.3) is 0 Å². The number of hydrogen-bond donors (Lipinski definition) is 1. The van der Waals surface area contributed by atoms with Crippen LogP contribution in [0.4, 0.5) is 0 Å². The predicted octanol–water partition coefficient (Wildman–Crippen LogP) is 1.78. The minimum absolute atomic E-state index is 0.202. The second-order valence-electron chi connectivity index (χ2n) is 5.84. The van der Waals surface area contributed by atoms with Gasteiger partial charge in [-0.25, -0.2) is 10.4 Å². The Kier molecular flexibility index (Phi) is 7.49. The molecule has 7 heteroatoms. The van der Waals surface area contributed by atoms with Gasteiger partial charge < -0.3 is 4.90 Å². The fraction of sp³-hybridized carbons (Fsp3) is 0.529. The Morgan fingerprint density at radius 2 is 1.92 bits per heavy atom. The van der Waals surface area contributed by atoms with Crippen molar-refractivity contribution in [2.75, 3.05) is 32.7 Å². The third-order valence-corrected chi connectivity index (χ3v) is 4.13. The molecule has 1 aliphatic rings. The molecule has 0 radical (unpaired) electrons. The van der Waals surface area contributed by atoms with Gasteiger partial charge in [-0.1, -0.05) is 30.3 Å². The van der Waals surface area contributed by atoms with E-state index in [1.165, 1.54) is 0 Å². The van der Waals surface area contributed by atoms with E-state index in [1.807, 2.05) is 35.3 Å². The van der Waals surface area contributed by atoms with Crippen LogP contribution in [-0.4, -0.2) is 54.6 Å². The molecule has 0 amide bonds. The largest absolute Gasteiger partial charge is 0.301 e. The minimum Gasteiger partial charge on any atom is -0.301 e. The Hall–Kier alpha value is -2.14. The number of carbonyl (C=O) groups excluding carboxylic acids is 1. The number of benzene rings is 1. The van der Waals surface area contributed by atoms with Gasteiger partial charge in [-0.15, -0.1) is 4.91 Å². The molecule has 1 aliphatic heterocycles. The molecular weight excluding hydrogens is 306 g/mol. The molecule has 1 atom stereocenters. The monoisotopic (exact) mass is 329 g/mol. The van der Waals surface area contributed by atoms with Crippen molar-refractivity contribution < 1.29 is 4.79 Å². The highest BCUT2D eigenvalue weighted by molar-refractivity contribution is 5.95. The molecule has 1 aromatic carbocycles. The summed E-state index contributed by atoms with van der Waals surface area (Å²) >= 11 is 0. The maximum atomic E-state index is 12.0. The summed E-state index contributed by atoms with van der Waals surface area (Å²) in [6.07, 6.45) is 1.45. The number of ketones is 1. The summed E-state index contributed by atoms with van der Waals surface area (Å²) in [5.74, 6) is 0.202. The fourth-order valence-corrected chi connectivity index (χ4v) is 2.74. The van der Waals surface area contributed by atoms with Crippen LogP contribution < -0.4 is 5.43 Å². The number of nitriles is 1. The molecule has 1 heterocycles. The molecule has 1 aromatic rings. The first kappa shape index (κ1) is 18.2. The molecule has 0 aliphatic carbocycles. The molecule has 1 fully saturated rings. The Morgan fingerprint density at radius 1 is 1.21 bits per heavy atom. The van der Waals surface area contributed by atoms with Gasteiger partial charge in [-0.05, 0) is 24.6 Å². The van der Waals surface area contributed by atoms with E-state index in [0.717, 1.165) is 51.1 Å². The smallest absolute Gasteiger partial charge is 0.241 e. The van der Waals surface area contributed by atoms with Crippen molar-refractivity contribution in [3.63, 3.8) is 0 Å². The van der Waals surface area contributed by atoms with E-state index in [4.69, 9.17) is 5.26 Å². The van der Waals surface area contributed by atoms with Gasteiger partial charge in [0, 0.05) is 38.2 Å². The number of rotatable bonds is 9. The highest BCUT2D eigenvalue weighted by Crippen LogP contribution is 2.08. The van der Waals surface area contributed by atoms with Crippen LogP contribution >= 0.6 is 0 Å². The zero-order chi connectivity index (χ0) is 17.2. The summed E-state index contributed by atoms with van der Waals surface area (Å²) < 4.78 is 0. The molecule has 0 aromatic heterocycles. The lowest BCUT2D eigenvalue weighted by molar-refractivity contribution is 0.0813. The molecule has 0 bridgehead atoms. The van der Waals surface area contributed by atoms with Gasteiger partial charge >= 0.3 is 0 Å². The van der Waals surface area contributed by atoms with Crippen molar-refractivity contribution in [3.8, 4) is 6.07 Å². The first-order valence-corrected chi connectivity index (χ1v) is 8.26. The molecule has 7 nitrogen and oxygen atoms in total. The van der Waals surface area contributed by atoms with Crippen LogP contribution in [0.3, 0.4) is 0 Å². The van der Waals surface area contributed by atoms with Gasteiger partial charge in [0.15, 0.2) is 5.78 Å². The normalized spacial score (nSPS) is 17.1. The SMILES string of the molecule is N#CC(N=O)NN1CCN(CCCCC(=O)c2ccccc2)CC1. The fourth-order valence-electron chi connectivity index (χ4n) is 2.74. The van der Waals surface area contributed by atoms with Crippen molar-refractivity contribution in [2.45, 2.75) is 25.4 Å². The molecule has 128 valence electrons. The molecular formula is C17H23N5O2. The standard InChI is InChI=1S/C17H23N5O2/c18-14-17(20-24)19-22-12-10-21(11-13-22)9-5-4-8-16(23)15-6-2-1-3-7-15/h1-3,6-7,17,19H,4-5,8-13H2. The van der Waals surface area contributed by atoms with Crippen molar-refractivity contribution >= 4 is 5.78 Å². The number of nitrogens with zero attached hydrogens (tertiary/aromatic N) is 4. The third-order valence-electron chi connectivity index (χ3n) is 4.13. The van der Waals surface area contributed by atoms with E-state index in [1.54, 1.807) is 6.07 Å². The predicted molar refractivity (Wildman–Crippen MR) is 91.0 cm³/mol. The molecule has 1 N–H and O–H groups in total. The molecule has 0 saturated carbocycles.